The summed E-state index contributed by atoms with van der Waals surface area (Å²) in [6.45, 7) is 3.10. The predicted octanol–water partition coefficient (Wildman–Crippen LogP) is 7.77. The number of hydrogen-bond acceptors (Lipinski definition) is 4. The SMILES string of the molecule is O=C(O)N1CCC(c2ccc(OCCCOCc3ccccc3)cc2)C(OCc2ccc3ccc(CBr)cc3c2)C1. The molecule has 1 N–H and O–H groups in total. The van der Waals surface area contributed by atoms with Crippen molar-refractivity contribution in [3.8, 4) is 5.75 Å². The first-order chi connectivity index (χ1) is 20.1. The molecule has 6 nitrogen and oxygen atoms in total. The molecule has 1 heterocycles. The van der Waals surface area contributed by atoms with Crippen molar-refractivity contribution in [2.24, 2.45) is 0 Å². The molecule has 2 unspecified atom stereocenters. The highest BCUT2D eigenvalue weighted by molar-refractivity contribution is 9.08. The molecule has 41 heavy (non-hydrogen) atoms. The van der Waals surface area contributed by atoms with Gasteiger partial charge in [0.1, 0.15) is 5.75 Å². The summed E-state index contributed by atoms with van der Waals surface area (Å²) in [5.74, 6) is 0.919. The Morgan fingerprint density at radius 3 is 2.37 bits per heavy atom. The van der Waals surface area contributed by atoms with Gasteiger partial charge in [-0.05, 0) is 57.6 Å². The summed E-state index contributed by atoms with van der Waals surface area (Å²) in [6, 6.07) is 31.1. The smallest absolute Gasteiger partial charge is 0.407 e. The number of carboxylic acid groups (broad SMARTS) is 1. The molecule has 0 spiro atoms. The Balaban J connectivity index is 1.16. The molecule has 4 aromatic rings. The van der Waals surface area contributed by atoms with Crippen molar-refractivity contribution in [1.29, 1.82) is 0 Å². The number of rotatable bonds is 12. The third-order valence-electron chi connectivity index (χ3n) is 7.54. The Bertz CT molecular complexity index is 1410. The van der Waals surface area contributed by atoms with Crippen molar-refractivity contribution in [3.63, 3.8) is 0 Å². The molecule has 2 atom stereocenters. The van der Waals surface area contributed by atoms with Gasteiger partial charge < -0.3 is 24.2 Å². The van der Waals surface area contributed by atoms with Crippen LogP contribution in [-0.2, 0) is 28.0 Å². The van der Waals surface area contributed by atoms with E-state index in [0.29, 0.717) is 45.9 Å². The van der Waals surface area contributed by atoms with Crippen LogP contribution in [0.4, 0.5) is 4.79 Å². The van der Waals surface area contributed by atoms with E-state index in [1.165, 1.54) is 26.8 Å². The van der Waals surface area contributed by atoms with E-state index in [9.17, 15) is 9.90 Å². The fourth-order valence-electron chi connectivity index (χ4n) is 5.29. The molecule has 5 rings (SSSR count). The van der Waals surface area contributed by atoms with Gasteiger partial charge in [0, 0.05) is 24.2 Å². The maximum atomic E-state index is 11.7. The average Bonchev–Trinajstić information content (AvgIpc) is 3.02. The van der Waals surface area contributed by atoms with Gasteiger partial charge in [0.25, 0.3) is 0 Å². The molecule has 1 saturated heterocycles. The van der Waals surface area contributed by atoms with E-state index < -0.39 is 6.09 Å². The average molecular weight is 619 g/mol. The second-order valence-corrected chi connectivity index (χ2v) is 11.0. The third-order valence-corrected chi connectivity index (χ3v) is 8.19. The fourth-order valence-corrected chi connectivity index (χ4v) is 5.64. The Hall–Kier alpha value is -3.39. The Labute approximate surface area is 250 Å². The lowest BCUT2D eigenvalue weighted by atomic mass is 9.87. The van der Waals surface area contributed by atoms with E-state index in [0.717, 1.165) is 28.6 Å². The number of ether oxygens (including phenoxy) is 3. The lowest BCUT2D eigenvalue weighted by Gasteiger charge is -2.37. The van der Waals surface area contributed by atoms with Crippen LogP contribution in [0.2, 0.25) is 0 Å². The van der Waals surface area contributed by atoms with Crippen molar-refractivity contribution in [2.75, 3.05) is 26.3 Å². The van der Waals surface area contributed by atoms with E-state index in [4.69, 9.17) is 14.2 Å². The number of carbonyl (C=O) groups is 1. The van der Waals surface area contributed by atoms with Crippen LogP contribution in [0.3, 0.4) is 0 Å². The van der Waals surface area contributed by atoms with Crippen LogP contribution in [0.5, 0.6) is 5.75 Å². The number of hydrogen-bond donors (Lipinski definition) is 1. The quantitative estimate of drug-likeness (QED) is 0.130. The summed E-state index contributed by atoms with van der Waals surface area (Å²) in [5, 5.41) is 12.8. The highest BCUT2D eigenvalue weighted by Gasteiger charge is 2.33. The predicted molar refractivity (Wildman–Crippen MR) is 165 cm³/mol. The van der Waals surface area contributed by atoms with Crippen molar-refractivity contribution >= 4 is 32.8 Å². The van der Waals surface area contributed by atoms with Gasteiger partial charge in [0.15, 0.2) is 0 Å². The summed E-state index contributed by atoms with van der Waals surface area (Å²) in [6.07, 6.45) is 0.381. The van der Waals surface area contributed by atoms with Gasteiger partial charge >= 0.3 is 6.09 Å². The number of amides is 1. The van der Waals surface area contributed by atoms with Gasteiger partial charge in [-0.1, -0.05) is 88.7 Å². The first-order valence-corrected chi connectivity index (χ1v) is 15.2. The normalized spacial score (nSPS) is 17.0. The molecule has 1 amide bonds. The first-order valence-electron chi connectivity index (χ1n) is 14.1. The maximum Gasteiger partial charge on any atom is 0.407 e. The maximum absolute atomic E-state index is 11.7. The summed E-state index contributed by atoms with van der Waals surface area (Å²) in [4.78, 5) is 13.2. The standard InChI is InChI=1S/C34H36BrNO5/c35-21-26-7-9-28-10-8-27(20-30(28)19-26)24-41-33-22-36(34(37)38)16-15-32(33)29-11-13-31(14-12-29)40-18-4-17-39-23-25-5-2-1-3-6-25/h1-3,5-14,19-20,32-33H,4,15-18,21-24H2,(H,37,38). The number of piperidine rings is 1. The minimum absolute atomic E-state index is 0.103. The molecule has 0 aliphatic carbocycles. The summed E-state index contributed by atoms with van der Waals surface area (Å²) in [7, 11) is 0. The van der Waals surface area contributed by atoms with Crippen LogP contribution in [0.25, 0.3) is 10.8 Å². The molecule has 7 heteroatoms. The minimum atomic E-state index is -0.901. The van der Waals surface area contributed by atoms with Crippen LogP contribution < -0.4 is 4.74 Å². The van der Waals surface area contributed by atoms with Gasteiger partial charge in [0.2, 0.25) is 0 Å². The minimum Gasteiger partial charge on any atom is -0.494 e. The second kappa shape index (κ2) is 14.5. The highest BCUT2D eigenvalue weighted by atomic mass is 79.9. The Kier molecular flexibility index (Phi) is 10.3. The van der Waals surface area contributed by atoms with Gasteiger partial charge in [-0.2, -0.15) is 0 Å². The first kappa shape index (κ1) is 29.1. The van der Waals surface area contributed by atoms with E-state index in [1.807, 2.05) is 30.3 Å². The van der Waals surface area contributed by atoms with E-state index in [-0.39, 0.29) is 12.0 Å². The number of alkyl halides is 1. The topological polar surface area (TPSA) is 68.2 Å². The molecule has 1 aliphatic heterocycles. The zero-order valence-corrected chi connectivity index (χ0v) is 24.7. The molecule has 0 saturated carbocycles. The molecule has 4 aromatic carbocycles. The molecule has 1 aliphatic rings. The molecular weight excluding hydrogens is 582 g/mol. The Morgan fingerprint density at radius 2 is 1.61 bits per heavy atom. The van der Waals surface area contributed by atoms with Gasteiger partial charge in [-0.3, -0.25) is 0 Å². The van der Waals surface area contributed by atoms with Crippen molar-refractivity contribution in [1.82, 2.24) is 4.90 Å². The van der Waals surface area contributed by atoms with Crippen molar-refractivity contribution in [2.45, 2.75) is 43.4 Å². The molecule has 0 aromatic heterocycles. The van der Waals surface area contributed by atoms with Crippen molar-refractivity contribution in [3.05, 3.63) is 113 Å². The molecular formula is C34H36BrNO5. The number of likely N-dealkylation sites (tertiary alicyclic amines) is 1. The lowest BCUT2D eigenvalue weighted by molar-refractivity contribution is -0.0199. The summed E-state index contributed by atoms with van der Waals surface area (Å²) >= 11 is 3.53. The third kappa shape index (κ3) is 8.09. The van der Waals surface area contributed by atoms with Crippen molar-refractivity contribution < 1.29 is 24.1 Å². The Morgan fingerprint density at radius 1 is 0.854 bits per heavy atom. The number of benzene rings is 4. The zero-order chi connectivity index (χ0) is 28.4. The number of fused-ring (bicyclic) bond motifs is 1. The monoisotopic (exact) mass is 617 g/mol. The van der Waals surface area contributed by atoms with Crippen LogP contribution in [0.1, 0.15) is 41.0 Å². The van der Waals surface area contributed by atoms with E-state index >= 15 is 0 Å². The van der Waals surface area contributed by atoms with Crippen LogP contribution in [-0.4, -0.2) is 48.5 Å². The number of nitrogens with zero attached hydrogens (tertiary/aromatic N) is 1. The van der Waals surface area contributed by atoms with Crippen LogP contribution in [0, 0.1) is 0 Å². The lowest BCUT2D eigenvalue weighted by Crippen LogP contribution is -2.46. The van der Waals surface area contributed by atoms with Gasteiger partial charge in [-0.25, -0.2) is 4.79 Å². The zero-order valence-electron chi connectivity index (χ0n) is 23.1. The summed E-state index contributed by atoms with van der Waals surface area (Å²) < 4.78 is 18.1. The molecule has 0 radical (unpaired) electrons. The summed E-state index contributed by atoms with van der Waals surface area (Å²) in [5.41, 5.74) is 4.61. The number of halogens is 1. The van der Waals surface area contributed by atoms with E-state index in [1.54, 1.807) is 0 Å². The molecule has 1 fully saturated rings. The fraction of sp³-hybridized carbons (Fsp3) is 0.324. The largest absolute Gasteiger partial charge is 0.494 e. The molecule has 214 valence electrons. The van der Waals surface area contributed by atoms with Crippen LogP contribution in [0.15, 0.2) is 91.0 Å². The highest BCUT2D eigenvalue weighted by Crippen LogP contribution is 2.32. The van der Waals surface area contributed by atoms with E-state index in [2.05, 4.69) is 76.6 Å². The van der Waals surface area contributed by atoms with Gasteiger partial charge in [-0.15, -0.1) is 0 Å². The molecule has 0 bridgehead atoms. The van der Waals surface area contributed by atoms with Gasteiger partial charge in [0.05, 0.1) is 39.1 Å². The second-order valence-electron chi connectivity index (χ2n) is 10.4. The van der Waals surface area contributed by atoms with Crippen LogP contribution >= 0.6 is 15.9 Å².